The molecule has 48 valence electrons. The second-order valence-corrected chi connectivity index (χ2v) is 2.72. The van der Waals surface area contributed by atoms with Crippen molar-refractivity contribution < 1.29 is 0 Å². The molecule has 1 heterocycles. The molecule has 0 saturated carbocycles. The lowest BCUT2D eigenvalue weighted by Crippen LogP contribution is -1.87. The van der Waals surface area contributed by atoms with Gasteiger partial charge in [0.15, 0.2) is 0 Å². The number of anilines is 1. The molecule has 2 nitrogen and oxygen atoms in total. The summed E-state index contributed by atoms with van der Waals surface area (Å²) in [5.74, 6) is 0. The number of aromatic nitrogens is 1. The zero-order valence-electron chi connectivity index (χ0n) is 4.44. The zero-order valence-corrected chi connectivity index (χ0v) is 6.78. The first kappa shape index (κ1) is 6.83. The summed E-state index contributed by atoms with van der Waals surface area (Å²) in [7, 11) is 0. The van der Waals surface area contributed by atoms with Gasteiger partial charge in [-0.1, -0.05) is 11.6 Å². The molecule has 0 bridgehead atoms. The van der Waals surface area contributed by atoms with Gasteiger partial charge >= 0.3 is 0 Å². The minimum atomic E-state index is 0.537. The van der Waals surface area contributed by atoms with Crippen LogP contribution in [0.1, 0.15) is 0 Å². The van der Waals surface area contributed by atoms with E-state index in [1.165, 1.54) is 12.4 Å². The maximum absolute atomic E-state index is 5.62. The summed E-state index contributed by atoms with van der Waals surface area (Å²) < 4.78 is 0.708. The average Bonchev–Trinajstić information content (AvgIpc) is 1.83. The van der Waals surface area contributed by atoms with Crippen LogP contribution < -0.4 is 5.73 Å². The van der Waals surface area contributed by atoms with Gasteiger partial charge in [-0.2, -0.15) is 0 Å². The van der Waals surface area contributed by atoms with E-state index in [-0.39, 0.29) is 0 Å². The number of hydrogen-bond donors (Lipinski definition) is 1. The molecule has 1 aromatic heterocycles. The highest BCUT2D eigenvalue weighted by molar-refractivity contribution is 9.10. The maximum Gasteiger partial charge on any atom is 0.0752 e. The molecule has 0 aliphatic heterocycles. The van der Waals surface area contributed by atoms with Crippen LogP contribution in [0.3, 0.4) is 0 Å². The second kappa shape index (κ2) is 2.54. The third-order valence-corrected chi connectivity index (χ3v) is 2.26. The Labute approximate surface area is 66.2 Å². The number of nitrogens with zero attached hydrogens (tertiary/aromatic N) is 1. The summed E-state index contributed by atoms with van der Waals surface area (Å²) in [6.45, 7) is 0. The third kappa shape index (κ3) is 1.34. The van der Waals surface area contributed by atoms with Crippen LogP contribution >= 0.6 is 27.5 Å². The van der Waals surface area contributed by atoms with Gasteiger partial charge in [0.25, 0.3) is 0 Å². The Morgan fingerprint density at radius 1 is 1.56 bits per heavy atom. The van der Waals surface area contributed by atoms with Crippen molar-refractivity contribution in [1.29, 1.82) is 0 Å². The molecular weight excluding hydrogens is 203 g/mol. The van der Waals surface area contributed by atoms with E-state index in [1.807, 2.05) is 0 Å². The number of hydrogen-bond acceptors (Lipinski definition) is 2. The van der Waals surface area contributed by atoms with Gasteiger partial charge in [-0.05, 0) is 15.9 Å². The lowest BCUT2D eigenvalue weighted by atomic mass is 10.4. The van der Waals surface area contributed by atoms with Crippen molar-refractivity contribution in [3.8, 4) is 0 Å². The summed E-state index contributed by atoms with van der Waals surface area (Å²) in [6.07, 6.45) is 3.07. The molecule has 0 aliphatic carbocycles. The fraction of sp³-hybridized carbons (Fsp3) is 0. The largest absolute Gasteiger partial charge is 0.397 e. The Kier molecular flexibility index (Phi) is 1.93. The lowest BCUT2D eigenvalue weighted by Gasteiger charge is -1.96. The standard InChI is InChI=1S/C5H4BrClN2/c6-5-3(7)1-9-2-4(5)8/h1-2H,8H2. The first-order valence-corrected chi connectivity index (χ1v) is 3.43. The Balaban J connectivity index is 3.25. The molecule has 0 unspecified atom stereocenters. The van der Waals surface area contributed by atoms with Crippen molar-refractivity contribution in [2.24, 2.45) is 0 Å². The normalized spacial score (nSPS) is 9.56. The van der Waals surface area contributed by atoms with E-state index in [1.54, 1.807) is 0 Å². The highest BCUT2D eigenvalue weighted by Gasteiger charge is 1.98. The smallest absolute Gasteiger partial charge is 0.0752 e. The van der Waals surface area contributed by atoms with Gasteiger partial charge in [-0.25, -0.2) is 0 Å². The van der Waals surface area contributed by atoms with Gasteiger partial charge in [0.05, 0.1) is 21.4 Å². The molecule has 0 fully saturated rings. The molecule has 1 rings (SSSR count). The summed E-state index contributed by atoms with van der Waals surface area (Å²) >= 11 is 8.81. The first-order valence-electron chi connectivity index (χ1n) is 2.26. The number of pyridine rings is 1. The van der Waals surface area contributed by atoms with Gasteiger partial charge < -0.3 is 5.73 Å². The van der Waals surface area contributed by atoms with Crippen LogP contribution in [0.15, 0.2) is 16.9 Å². The molecule has 0 saturated heterocycles. The minimum absolute atomic E-state index is 0.537. The molecule has 9 heavy (non-hydrogen) atoms. The molecule has 2 N–H and O–H groups in total. The highest BCUT2D eigenvalue weighted by atomic mass is 79.9. The van der Waals surface area contributed by atoms with E-state index in [9.17, 15) is 0 Å². The monoisotopic (exact) mass is 206 g/mol. The number of halogens is 2. The number of rotatable bonds is 0. The van der Waals surface area contributed by atoms with E-state index < -0.39 is 0 Å². The fourth-order valence-corrected chi connectivity index (χ4v) is 0.804. The van der Waals surface area contributed by atoms with Crippen molar-refractivity contribution in [2.75, 3.05) is 5.73 Å². The summed E-state index contributed by atoms with van der Waals surface area (Å²) in [5.41, 5.74) is 5.98. The van der Waals surface area contributed by atoms with Crippen LogP contribution in [0.5, 0.6) is 0 Å². The lowest BCUT2D eigenvalue weighted by molar-refractivity contribution is 1.32. The Hall–Kier alpha value is -0.280. The van der Waals surface area contributed by atoms with Gasteiger partial charge in [-0.15, -0.1) is 0 Å². The molecular formula is C5H4BrClN2. The summed E-state index contributed by atoms with van der Waals surface area (Å²) in [4.78, 5) is 3.76. The minimum Gasteiger partial charge on any atom is -0.397 e. The second-order valence-electron chi connectivity index (χ2n) is 1.52. The van der Waals surface area contributed by atoms with Crippen molar-refractivity contribution in [2.45, 2.75) is 0 Å². The highest BCUT2D eigenvalue weighted by Crippen LogP contribution is 2.25. The van der Waals surface area contributed by atoms with Crippen molar-refractivity contribution in [3.63, 3.8) is 0 Å². The summed E-state index contributed by atoms with van der Waals surface area (Å²) in [6, 6.07) is 0. The molecule has 0 atom stereocenters. The van der Waals surface area contributed by atoms with Crippen LogP contribution in [0, 0.1) is 0 Å². The van der Waals surface area contributed by atoms with Crippen LogP contribution in [-0.4, -0.2) is 4.98 Å². The maximum atomic E-state index is 5.62. The number of nitrogens with two attached hydrogens (primary N) is 1. The van der Waals surface area contributed by atoms with E-state index in [2.05, 4.69) is 20.9 Å². The Morgan fingerprint density at radius 2 is 2.22 bits per heavy atom. The predicted octanol–water partition coefficient (Wildman–Crippen LogP) is 2.08. The van der Waals surface area contributed by atoms with Gasteiger partial charge in [-0.3, -0.25) is 4.98 Å². The molecule has 0 aromatic carbocycles. The summed E-state index contributed by atoms with van der Waals surface area (Å²) in [5, 5.41) is 0.537. The topological polar surface area (TPSA) is 38.9 Å². The molecule has 0 spiro atoms. The van der Waals surface area contributed by atoms with Crippen molar-refractivity contribution in [3.05, 3.63) is 21.9 Å². The Morgan fingerprint density at radius 3 is 2.67 bits per heavy atom. The van der Waals surface area contributed by atoms with E-state index in [4.69, 9.17) is 17.3 Å². The zero-order chi connectivity index (χ0) is 6.85. The molecule has 4 heteroatoms. The van der Waals surface area contributed by atoms with E-state index in [0.29, 0.717) is 15.2 Å². The van der Waals surface area contributed by atoms with Crippen LogP contribution in [0.2, 0.25) is 5.02 Å². The van der Waals surface area contributed by atoms with Gasteiger partial charge in [0.1, 0.15) is 0 Å². The third-order valence-electron chi connectivity index (χ3n) is 0.865. The Bertz CT molecular complexity index is 206. The molecule has 0 aliphatic rings. The van der Waals surface area contributed by atoms with Crippen LogP contribution in [0.25, 0.3) is 0 Å². The van der Waals surface area contributed by atoms with E-state index >= 15 is 0 Å². The van der Waals surface area contributed by atoms with Crippen molar-refractivity contribution >= 4 is 33.2 Å². The molecule has 0 radical (unpaired) electrons. The SMILES string of the molecule is Nc1cncc(Cl)c1Br. The quantitative estimate of drug-likeness (QED) is 0.707. The van der Waals surface area contributed by atoms with Crippen molar-refractivity contribution in [1.82, 2.24) is 4.98 Å². The van der Waals surface area contributed by atoms with Crippen LogP contribution in [-0.2, 0) is 0 Å². The predicted molar refractivity (Wildman–Crippen MR) is 41.4 cm³/mol. The fourth-order valence-electron chi connectivity index (χ4n) is 0.434. The van der Waals surface area contributed by atoms with Crippen LogP contribution in [0.4, 0.5) is 5.69 Å². The van der Waals surface area contributed by atoms with E-state index in [0.717, 1.165) is 0 Å². The van der Waals surface area contributed by atoms with Gasteiger partial charge in [0, 0.05) is 6.20 Å². The molecule has 1 aromatic rings. The first-order chi connectivity index (χ1) is 4.22. The molecule has 0 amide bonds. The average molecular weight is 207 g/mol. The number of nitrogen functional groups attached to an aromatic ring is 1. The van der Waals surface area contributed by atoms with Gasteiger partial charge in [0.2, 0.25) is 0 Å².